The maximum atomic E-state index is 10.7. The summed E-state index contributed by atoms with van der Waals surface area (Å²) >= 11 is 0. The van der Waals surface area contributed by atoms with E-state index in [0.717, 1.165) is 5.69 Å². The third-order valence-corrected chi connectivity index (χ3v) is 1.39. The van der Waals surface area contributed by atoms with Gasteiger partial charge < -0.3 is 10.2 Å². The summed E-state index contributed by atoms with van der Waals surface area (Å²) in [6.45, 7) is 1.47. The number of carbonyl (C=O) groups excluding carboxylic acids is 1. The van der Waals surface area contributed by atoms with Gasteiger partial charge in [0.25, 0.3) is 0 Å². The van der Waals surface area contributed by atoms with Crippen molar-refractivity contribution in [3.05, 3.63) is 24.3 Å². The maximum absolute atomic E-state index is 10.7. The van der Waals surface area contributed by atoms with Crippen LogP contribution in [-0.4, -0.2) is 13.0 Å². The third kappa shape index (κ3) is 3.13. The molecule has 0 aliphatic heterocycles. The summed E-state index contributed by atoms with van der Waals surface area (Å²) in [5.74, 6) is 0.624. The number of nitrogens with one attached hydrogen (secondary N) is 2. The predicted octanol–water partition coefficient (Wildman–Crippen LogP) is 1.16. The molecule has 0 atom stereocenters. The van der Waals surface area contributed by atoms with E-state index in [1.807, 2.05) is 0 Å². The number of benzene rings is 1. The lowest BCUT2D eigenvalue weighted by atomic mass is 10.3. The quantitative estimate of drug-likeness (QED) is 0.686. The zero-order valence-electron chi connectivity index (χ0n) is 7.63. The average Bonchev–Trinajstić information content (AvgIpc) is 2.08. The molecule has 1 aromatic rings. The van der Waals surface area contributed by atoms with Gasteiger partial charge in [0, 0.05) is 19.7 Å². The molecule has 0 heterocycles. The molecule has 0 aliphatic carbocycles. The Morgan fingerprint density at radius 2 is 1.92 bits per heavy atom. The Kier molecular flexibility index (Phi) is 3.28. The van der Waals surface area contributed by atoms with Crippen molar-refractivity contribution in [2.45, 2.75) is 6.92 Å². The molecule has 0 aliphatic rings. The largest absolute Gasteiger partial charge is 0.409 e. The summed E-state index contributed by atoms with van der Waals surface area (Å²) in [5.41, 5.74) is 3.32. The molecule has 1 aromatic carbocycles. The van der Waals surface area contributed by atoms with Gasteiger partial charge in [0.05, 0.1) is 0 Å². The van der Waals surface area contributed by atoms with Gasteiger partial charge >= 0.3 is 0 Å². The van der Waals surface area contributed by atoms with Crippen LogP contribution in [0.3, 0.4) is 0 Å². The zero-order chi connectivity index (χ0) is 9.68. The van der Waals surface area contributed by atoms with Gasteiger partial charge in [-0.05, 0) is 24.3 Å². The fourth-order valence-electron chi connectivity index (χ4n) is 0.927. The summed E-state index contributed by atoms with van der Waals surface area (Å²) in [6, 6.07) is 7.08. The van der Waals surface area contributed by atoms with Gasteiger partial charge in [0.2, 0.25) is 5.91 Å². The lowest BCUT2D eigenvalue weighted by Gasteiger charge is -2.04. The number of rotatable bonds is 3. The maximum Gasteiger partial charge on any atom is 0.221 e. The average molecular weight is 180 g/mol. The summed E-state index contributed by atoms with van der Waals surface area (Å²) in [5, 5.41) is 2.66. The van der Waals surface area contributed by atoms with E-state index in [4.69, 9.17) is 4.84 Å². The molecule has 0 fully saturated rings. The van der Waals surface area contributed by atoms with E-state index < -0.39 is 0 Å². The van der Waals surface area contributed by atoms with Crippen LogP contribution in [0.15, 0.2) is 24.3 Å². The molecule has 0 saturated carbocycles. The van der Waals surface area contributed by atoms with Gasteiger partial charge in [-0.25, -0.2) is 0 Å². The van der Waals surface area contributed by atoms with E-state index in [1.165, 1.54) is 6.92 Å². The number of hydrogen-bond donors (Lipinski definition) is 2. The number of carbonyl (C=O) groups is 1. The third-order valence-electron chi connectivity index (χ3n) is 1.39. The Bertz CT molecular complexity index is 282. The summed E-state index contributed by atoms with van der Waals surface area (Å²) < 4.78 is 0. The summed E-state index contributed by atoms with van der Waals surface area (Å²) in [6.07, 6.45) is 0. The van der Waals surface area contributed by atoms with Crippen molar-refractivity contribution in [1.82, 2.24) is 5.48 Å². The molecule has 4 nitrogen and oxygen atoms in total. The van der Waals surface area contributed by atoms with Crippen LogP contribution in [0, 0.1) is 0 Å². The zero-order valence-corrected chi connectivity index (χ0v) is 7.63. The van der Waals surface area contributed by atoms with Gasteiger partial charge in [-0.1, -0.05) is 0 Å². The Morgan fingerprint density at radius 1 is 1.31 bits per heavy atom. The van der Waals surface area contributed by atoms with Crippen LogP contribution < -0.4 is 15.6 Å². The van der Waals surface area contributed by atoms with Gasteiger partial charge in [-0.2, -0.15) is 5.48 Å². The van der Waals surface area contributed by atoms with Crippen molar-refractivity contribution in [2.75, 3.05) is 12.4 Å². The normalized spacial score (nSPS) is 9.38. The molecule has 0 saturated heterocycles. The van der Waals surface area contributed by atoms with E-state index >= 15 is 0 Å². The summed E-state index contributed by atoms with van der Waals surface area (Å²) in [7, 11) is 1.68. The molecule has 70 valence electrons. The van der Waals surface area contributed by atoms with Crippen LogP contribution in [0.2, 0.25) is 0 Å². The highest BCUT2D eigenvalue weighted by molar-refractivity contribution is 5.88. The van der Waals surface area contributed by atoms with Crippen molar-refractivity contribution in [1.29, 1.82) is 0 Å². The number of hydrogen-bond acceptors (Lipinski definition) is 3. The van der Waals surface area contributed by atoms with Crippen LogP contribution in [0.4, 0.5) is 5.69 Å². The number of anilines is 1. The number of amides is 1. The highest BCUT2D eigenvalue weighted by Gasteiger charge is 1.95. The van der Waals surface area contributed by atoms with E-state index in [-0.39, 0.29) is 5.91 Å². The Balaban J connectivity index is 2.64. The monoisotopic (exact) mass is 180 g/mol. The molecule has 2 N–H and O–H groups in total. The second kappa shape index (κ2) is 4.47. The van der Waals surface area contributed by atoms with E-state index in [0.29, 0.717) is 5.75 Å². The van der Waals surface area contributed by atoms with Crippen LogP contribution in [0.5, 0.6) is 5.75 Å². The van der Waals surface area contributed by atoms with E-state index in [9.17, 15) is 4.79 Å². The van der Waals surface area contributed by atoms with Crippen molar-refractivity contribution >= 4 is 11.6 Å². The molecule has 4 heteroatoms. The first-order valence-electron chi connectivity index (χ1n) is 3.93. The van der Waals surface area contributed by atoms with Gasteiger partial charge in [-0.3, -0.25) is 4.79 Å². The molecule has 1 amide bonds. The van der Waals surface area contributed by atoms with Crippen molar-refractivity contribution in [3.8, 4) is 5.75 Å². The standard InChI is InChI=1S/C9H12N2O2/c1-7(12)11-8-3-5-9(6-4-8)13-10-2/h3-6,10H,1-2H3,(H,11,12). The van der Waals surface area contributed by atoms with Crippen LogP contribution >= 0.6 is 0 Å². The van der Waals surface area contributed by atoms with Crippen molar-refractivity contribution in [2.24, 2.45) is 0 Å². The topological polar surface area (TPSA) is 50.4 Å². The first-order chi connectivity index (χ1) is 6.22. The number of hydroxylamine groups is 1. The van der Waals surface area contributed by atoms with Crippen molar-refractivity contribution < 1.29 is 9.63 Å². The SMILES string of the molecule is CNOc1ccc(NC(C)=O)cc1. The van der Waals surface area contributed by atoms with Gasteiger partial charge in [0.1, 0.15) is 5.75 Å². The van der Waals surface area contributed by atoms with Crippen LogP contribution in [0.1, 0.15) is 6.92 Å². The van der Waals surface area contributed by atoms with Crippen LogP contribution in [0.25, 0.3) is 0 Å². The highest BCUT2D eigenvalue weighted by atomic mass is 16.6. The molecule has 13 heavy (non-hydrogen) atoms. The minimum atomic E-state index is -0.0812. The van der Waals surface area contributed by atoms with Crippen LogP contribution in [-0.2, 0) is 4.79 Å². The van der Waals surface area contributed by atoms with Gasteiger partial charge in [0.15, 0.2) is 0 Å². The molecule has 0 aromatic heterocycles. The Labute approximate surface area is 76.9 Å². The first-order valence-corrected chi connectivity index (χ1v) is 3.93. The smallest absolute Gasteiger partial charge is 0.221 e. The van der Waals surface area contributed by atoms with E-state index in [2.05, 4.69) is 10.8 Å². The molecular weight excluding hydrogens is 168 g/mol. The molecule has 0 bridgehead atoms. The minimum absolute atomic E-state index is 0.0812. The lowest BCUT2D eigenvalue weighted by molar-refractivity contribution is -0.114. The minimum Gasteiger partial charge on any atom is -0.409 e. The predicted molar refractivity (Wildman–Crippen MR) is 50.4 cm³/mol. The lowest BCUT2D eigenvalue weighted by Crippen LogP contribution is -2.11. The second-order valence-electron chi connectivity index (χ2n) is 2.51. The highest BCUT2D eigenvalue weighted by Crippen LogP contribution is 2.14. The summed E-state index contributed by atoms with van der Waals surface area (Å²) in [4.78, 5) is 15.7. The molecular formula is C9H12N2O2. The molecule has 0 unspecified atom stereocenters. The Hall–Kier alpha value is -1.55. The van der Waals surface area contributed by atoms with Crippen molar-refractivity contribution in [3.63, 3.8) is 0 Å². The van der Waals surface area contributed by atoms with E-state index in [1.54, 1.807) is 31.3 Å². The fourth-order valence-corrected chi connectivity index (χ4v) is 0.927. The Morgan fingerprint density at radius 3 is 2.38 bits per heavy atom. The van der Waals surface area contributed by atoms with Gasteiger partial charge in [-0.15, -0.1) is 0 Å². The first kappa shape index (κ1) is 9.54. The molecule has 0 spiro atoms. The fraction of sp³-hybridized carbons (Fsp3) is 0.222. The second-order valence-corrected chi connectivity index (χ2v) is 2.51. The molecule has 0 radical (unpaired) electrons. The molecule has 1 rings (SSSR count).